The highest BCUT2D eigenvalue weighted by Crippen LogP contribution is 2.19. The molecule has 0 saturated heterocycles. The number of rotatable bonds is 3. The summed E-state index contributed by atoms with van der Waals surface area (Å²) in [6.45, 7) is 2.45. The smallest absolute Gasteiger partial charge is 0.274 e. The Labute approximate surface area is 93.1 Å². The molecule has 0 amide bonds. The molecule has 1 heterocycles. The van der Waals surface area contributed by atoms with Crippen molar-refractivity contribution in [3.63, 3.8) is 0 Å². The molecule has 0 saturated carbocycles. The van der Waals surface area contributed by atoms with Crippen LogP contribution < -0.4 is 5.56 Å². The summed E-state index contributed by atoms with van der Waals surface area (Å²) in [5.74, 6) is 0. The first-order valence-corrected chi connectivity index (χ1v) is 5.25. The topological polar surface area (TPSA) is 58.0 Å². The molecule has 2 rings (SSSR count). The van der Waals surface area contributed by atoms with Crippen molar-refractivity contribution in [2.75, 3.05) is 0 Å². The van der Waals surface area contributed by atoms with Crippen LogP contribution in [0.1, 0.15) is 12.5 Å². The fourth-order valence-electron chi connectivity index (χ4n) is 1.76. The van der Waals surface area contributed by atoms with Gasteiger partial charge in [0.2, 0.25) is 0 Å². The molecule has 2 aromatic rings. The zero-order valence-electron chi connectivity index (χ0n) is 9.10. The van der Waals surface area contributed by atoms with Gasteiger partial charge >= 0.3 is 0 Å². The number of aliphatic hydroxyl groups excluding tert-OH is 1. The van der Waals surface area contributed by atoms with Crippen LogP contribution >= 0.6 is 0 Å². The number of hydrogen-bond donors (Lipinski definition) is 2. The first kappa shape index (κ1) is 10.7. The number of aryl methyl sites for hydroxylation is 1. The second kappa shape index (κ2) is 4.37. The van der Waals surface area contributed by atoms with Gasteiger partial charge in [-0.1, -0.05) is 24.3 Å². The van der Waals surface area contributed by atoms with E-state index in [9.17, 15) is 9.90 Å². The fourth-order valence-corrected chi connectivity index (χ4v) is 1.76. The van der Waals surface area contributed by atoms with E-state index in [1.54, 1.807) is 6.20 Å². The van der Waals surface area contributed by atoms with Crippen LogP contribution in [-0.4, -0.2) is 14.9 Å². The highest BCUT2D eigenvalue weighted by Gasteiger charge is 2.10. The lowest BCUT2D eigenvalue weighted by atomic mass is 10.0. The second-order valence-corrected chi connectivity index (χ2v) is 3.55. The molecular weight excluding hydrogens is 204 g/mol. The minimum atomic E-state index is -0.0626. The molecular formula is C12H14N2O2. The van der Waals surface area contributed by atoms with E-state index in [1.807, 2.05) is 31.2 Å². The molecule has 16 heavy (non-hydrogen) atoms. The zero-order valence-corrected chi connectivity index (χ0v) is 9.10. The Kier molecular flexibility index (Phi) is 2.92. The minimum absolute atomic E-state index is 0.0524. The number of benzene rings is 1. The number of aromatic amines is 1. The number of nitrogens with one attached hydrogen (secondary N) is 1. The third kappa shape index (κ3) is 1.67. The molecule has 4 nitrogen and oxygen atoms in total. The van der Waals surface area contributed by atoms with E-state index in [0.29, 0.717) is 12.1 Å². The van der Waals surface area contributed by atoms with Crippen LogP contribution in [0, 0.1) is 0 Å². The third-order valence-electron chi connectivity index (χ3n) is 2.63. The fraction of sp³-hybridized carbons (Fsp3) is 0.250. The second-order valence-electron chi connectivity index (χ2n) is 3.55. The molecule has 0 fully saturated rings. The molecule has 1 aromatic heterocycles. The number of H-pyrrole nitrogens is 1. The average Bonchev–Trinajstić information content (AvgIpc) is 2.70. The van der Waals surface area contributed by atoms with E-state index >= 15 is 0 Å². The van der Waals surface area contributed by atoms with Gasteiger partial charge in [0.1, 0.15) is 0 Å². The molecule has 2 N–H and O–H groups in total. The van der Waals surface area contributed by atoms with Gasteiger partial charge in [0.25, 0.3) is 5.56 Å². The molecule has 0 aliphatic carbocycles. The lowest BCUT2D eigenvalue weighted by molar-refractivity contribution is 0.282. The van der Waals surface area contributed by atoms with Crippen LogP contribution in [0.3, 0.4) is 0 Å². The van der Waals surface area contributed by atoms with Crippen molar-refractivity contribution in [3.8, 4) is 11.1 Å². The van der Waals surface area contributed by atoms with E-state index in [0.717, 1.165) is 11.1 Å². The van der Waals surface area contributed by atoms with Gasteiger partial charge in [-0.2, -0.15) is 0 Å². The zero-order chi connectivity index (χ0) is 11.5. The van der Waals surface area contributed by atoms with Crippen LogP contribution in [-0.2, 0) is 13.2 Å². The minimum Gasteiger partial charge on any atom is -0.392 e. The maximum absolute atomic E-state index is 11.9. The van der Waals surface area contributed by atoms with Crippen LogP contribution in [0.2, 0.25) is 0 Å². The van der Waals surface area contributed by atoms with Crippen molar-refractivity contribution in [2.45, 2.75) is 20.1 Å². The largest absolute Gasteiger partial charge is 0.392 e. The molecule has 1 aromatic carbocycles. The van der Waals surface area contributed by atoms with Gasteiger partial charge in [-0.25, -0.2) is 0 Å². The summed E-state index contributed by atoms with van der Waals surface area (Å²) in [6.07, 6.45) is 1.68. The van der Waals surface area contributed by atoms with Gasteiger partial charge in [-0.05, 0) is 18.1 Å². The lowest BCUT2D eigenvalue weighted by Gasteiger charge is -2.03. The number of aromatic nitrogens is 2. The highest BCUT2D eigenvalue weighted by molar-refractivity contribution is 5.65. The number of aliphatic hydroxyl groups is 1. The summed E-state index contributed by atoms with van der Waals surface area (Å²) < 4.78 is 1.53. The van der Waals surface area contributed by atoms with Crippen molar-refractivity contribution in [3.05, 3.63) is 46.4 Å². The lowest BCUT2D eigenvalue weighted by Crippen LogP contribution is -2.16. The number of hydrogen-bond acceptors (Lipinski definition) is 2. The van der Waals surface area contributed by atoms with Gasteiger partial charge in [-0.15, -0.1) is 0 Å². The summed E-state index contributed by atoms with van der Waals surface area (Å²) in [4.78, 5) is 11.9. The van der Waals surface area contributed by atoms with E-state index in [2.05, 4.69) is 5.10 Å². The van der Waals surface area contributed by atoms with E-state index in [1.165, 1.54) is 4.68 Å². The molecule has 0 atom stereocenters. The SMILES string of the molecule is CCn1[nH]cc(-c2ccccc2CO)c1=O. The quantitative estimate of drug-likeness (QED) is 0.817. The van der Waals surface area contributed by atoms with Gasteiger partial charge in [0, 0.05) is 12.7 Å². The van der Waals surface area contributed by atoms with Crippen LogP contribution in [0.4, 0.5) is 0 Å². The van der Waals surface area contributed by atoms with Crippen LogP contribution in [0.25, 0.3) is 11.1 Å². The number of nitrogens with zero attached hydrogens (tertiary/aromatic N) is 1. The molecule has 4 heteroatoms. The maximum Gasteiger partial charge on any atom is 0.274 e. The van der Waals surface area contributed by atoms with Crippen molar-refractivity contribution in [2.24, 2.45) is 0 Å². The average molecular weight is 218 g/mol. The highest BCUT2D eigenvalue weighted by atomic mass is 16.3. The predicted octanol–water partition coefficient (Wildman–Crippen LogP) is 1.36. The maximum atomic E-state index is 11.9. The van der Waals surface area contributed by atoms with Crippen LogP contribution in [0.5, 0.6) is 0 Å². The first-order valence-electron chi connectivity index (χ1n) is 5.25. The third-order valence-corrected chi connectivity index (χ3v) is 2.63. The molecule has 84 valence electrons. The normalized spacial score (nSPS) is 10.6. The van der Waals surface area contributed by atoms with E-state index in [4.69, 9.17) is 0 Å². The molecule has 0 unspecified atom stereocenters. The predicted molar refractivity (Wildman–Crippen MR) is 62.1 cm³/mol. The van der Waals surface area contributed by atoms with Gasteiger partial charge in [0.15, 0.2) is 0 Å². The molecule has 0 aliphatic heterocycles. The Balaban J connectivity index is 2.59. The van der Waals surface area contributed by atoms with Gasteiger partial charge in [-0.3, -0.25) is 9.48 Å². The summed E-state index contributed by atoms with van der Waals surface area (Å²) in [6, 6.07) is 7.37. The van der Waals surface area contributed by atoms with Crippen LogP contribution in [0.15, 0.2) is 35.3 Å². The summed E-state index contributed by atoms with van der Waals surface area (Å²) in [5, 5.41) is 12.1. The van der Waals surface area contributed by atoms with E-state index < -0.39 is 0 Å². The molecule has 0 aliphatic rings. The van der Waals surface area contributed by atoms with Crippen molar-refractivity contribution in [1.29, 1.82) is 0 Å². The Morgan fingerprint density at radius 2 is 2.06 bits per heavy atom. The Bertz CT molecular complexity index is 540. The summed E-state index contributed by atoms with van der Waals surface area (Å²) in [5.41, 5.74) is 2.11. The standard InChI is InChI=1S/C12H14N2O2/c1-2-14-12(16)11(7-13-14)10-6-4-3-5-9(10)8-15/h3-7,13,15H,2,8H2,1H3. The van der Waals surface area contributed by atoms with Crippen molar-refractivity contribution in [1.82, 2.24) is 9.78 Å². The first-order chi connectivity index (χ1) is 7.77. The monoisotopic (exact) mass is 218 g/mol. The van der Waals surface area contributed by atoms with E-state index in [-0.39, 0.29) is 12.2 Å². The Hall–Kier alpha value is -1.81. The van der Waals surface area contributed by atoms with Gasteiger partial charge in [0.05, 0.1) is 12.2 Å². The molecule has 0 spiro atoms. The van der Waals surface area contributed by atoms with Crippen molar-refractivity contribution < 1.29 is 5.11 Å². The van der Waals surface area contributed by atoms with Crippen molar-refractivity contribution >= 4 is 0 Å². The summed E-state index contributed by atoms with van der Waals surface area (Å²) in [7, 11) is 0. The van der Waals surface area contributed by atoms with Gasteiger partial charge < -0.3 is 10.2 Å². The molecule has 0 radical (unpaired) electrons. The Morgan fingerprint density at radius 1 is 1.31 bits per heavy atom. The molecule has 0 bridgehead atoms. The summed E-state index contributed by atoms with van der Waals surface area (Å²) >= 11 is 0. The Morgan fingerprint density at radius 3 is 2.69 bits per heavy atom.